The van der Waals surface area contributed by atoms with E-state index in [1.165, 1.54) is 38.5 Å². The Hall–Kier alpha value is -3.03. The number of carbonyl (C=O) groups excluding carboxylic acids is 1. The summed E-state index contributed by atoms with van der Waals surface area (Å²) in [6.45, 7) is 2.11. The molecule has 3 aromatic carbocycles. The zero-order valence-corrected chi connectivity index (χ0v) is 20.3. The zero-order chi connectivity index (χ0) is 24.0. The fourth-order valence-electron chi connectivity index (χ4n) is 3.42. The van der Waals surface area contributed by atoms with E-state index in [1.807, 2.05) is 12.1 Å². The molecule has 174 valence electrons. The molecule has 0 heterocycles. The van der Waals surface area contributed by atoms with E-state index in [2.05, 4.69) is 6.92 Å². The monoisotopic (exact) mass is 487 g/mol. The molecule has 0 spiro atoms. The van der Waals surface area contributed by atoms with Crippen LogP contribution in [-0.2, 0) is 16.4 Å². The number of anilines is 1. The van der Waals surface area contributed by atoms with Crippen LogP contribution < -0.4 is 13.8 Å². The third kappa shape index (κ3) is 5.31. The summed E-state index contributed by atoms with van der Waals surface area (Å²) >= 11 is 5.95. The molecule has 8 heteroatoms. The van der Waals surface area contributed by atoms with Crippen LogP contribution in [-0.4, -0.2) is 28.5 Å². The molecule has 0 saturated carbocycles. The summed E-state index contributed by atoms with van der Waals surface area (Å²) in [5, 5.41) is 0.388. The Balaban J connectivity index is 2.18. The first-order chi connectivity index (χ1) is 15.8. The highest BCUT2D eigenvalue weighted by molar-refractivity contribution is 7.93. The van der Waals surface area contributed by atoms with Crippen molar-refractivity contribution in [3.63, 3.8) is 0 Å². The predicted octanol–water partition coefficient (Wildman–Crippen LogP) is 5.74. The Kier molecular flexibility index (Phi) is 8.00. The number of nitrogens with zero attached hydrogens (tertiary/aromatic N) is 1. The van der Waals surface area contributed by atoms with Gasteiger partial charge in [-0.2, -0.15) is 4.31 Å². The zero-order valence-electron chi connectivity index (χ0n) is 18.7. The fraction of sp³-hybridized carbons (Fsp3) is 0.240. The summed E-state index contributed by atoms with van der Waals surface area (Å²) in [6.07, 6.45) is 2.93. The van der Waals surface area contributed by atoms with Gasteiger partial charge in [0.05, 0.1) is 24.8 Å². The van der Waals surface area contributed by atoms with Crippen LogP contribution in [0.3, 0.4) is 0 Å². The van der Waals surface area contributed by atoms with E-state index in [9.17, 15) is 13.2 Å². The summed E-state index contributed by atoms with van der Waals surface area (Å²) < 4.78 is 38.9. The number of halogens is 1. The number of hydrogen-bond donors (Lipinski definition) is 0. The van der Waals surface area contributed by atoms with Crippen molar-refractivity contribution in [1.29, 1.82) is 0 Å². The van der Waals surface area contributed by atoms with Gasteiger partial charge in [-0.1, -0.05) is 43.1 Å². The second kappa shape index (κ2) is 10.7. The third-order valence-corrected chi connectivity index (χ3v) is 7.15. The highest BCUT2D eigenvalue weighted by Gasteiger charge is 2.35. The standard InChI is InChI=1S/C25H26ClNO5S/c1-4-5-7-18-10-14-20(15-11-18)27(33(29,30)21-16-12-19(26)13-17-21)25(28)24-22(31-2)8-6-9-23(24)32-3/h6,8-17H,4-5,7H2,1-3H3. The minimum Gasteiger partial charge on any atom is -0.496 e. The number of benzene rings is 3. The Morgan fingerprint density at radius 1 is 0.909 bits per heavy atom. The topological polar surface area (TPSA) is 72.9 Å². The fourth-order valence-corrected chi connectivity index (χ4v) is 4.95. The Labute approximate surface area is 199 Å². The van der Waals surface area contributed by atoms with Crippen LogP contribution >= 0.6 is 11.6 Å². The van der Waals surface area contributed by atoms with Crippen LogP contribution in [0.5, 0.6) is 11.5 Å². The lowest BCUT2D eigenvalue weighted by Gasteiger charge is -2.24. The number of amides is 1. The van der Waals surface area contributed by atoms with Crippen molar-refractivity contribution in [1.82, 2.24) is 0 Å². The van der Waals surface area contributed by atoms with Gasteiger partial charge in [0.2, 0.25) is 0 Å². The van der Waals surface area contributed by atoms with E-state index in [4.69, 9.17) is 21.1 Å². The van der Waals surface area contributed by atoms with Crippen molar-refractivity contribution in [3.05, 3.63) is 82.9 Å². The number of rotatable bonds is 9. The number of aryl methyl sites for hydroxylation is 1. The number of methoxy groups -OCH3 is 2. The molecule has 3 rings (SSSR count). The van der Waals surface area contributed by atoms with Crippen LogP contribution in [0.1, 0.15) is 35.7 Å². The lowest BCUT2D eigenvalue weighted by molar-refractivity contribution is 0.0999. The molecular weight excluding hydrogens is 462 g/mol. The number of ether oxygens (including phenoxy) is 2. The molecular formula is C25H26ClNO5S. The van der Waals surface area contributed by atoms with Crippen molar-refractivity contribution >= 4 is 33.2 Å². The average molecular weight is 488 g/mol. The maximum atomic E-state index is 13.8. The van der Waals surface area contributed by atoms with Gasteiger partial charge in [-0.05, 0) is 66.9 Å². The minimum atomic E-state index is -4.28. The summed E-state index contributed by atoms with van der Waals surface area (Å²) in [4.78, 5) is 13.7. The summed E-state index contributed by atoms with van der Waals surface area (Å²) in [6, 6.07) is 17.4. The second-order valence-electron chi connectivity index (χ2n) is 7.34. The van der Waals surface area contributed by atoms with Crippen molar-refractivity contribution in [2.75, 3.05) is 18.5 Å². The molecule has 1 amide bonds. The van der Waals surface area contributed by atoms with Crippen LogP contribution in [0.2, 0.25) is 5.02 Å². The highest BCUT2D eigenvalue weighted by atomic mass is 35.5. The lowest BCUT2D eigenvalue weighted by Crippen LogP contribution is -2.37. The van der Waals surface area contributed by atoms with Gasteiger partial charge >= 0.3 is 0 Å². The largest absolute Gasteiger partial charge is 0.496 e. The molecule has 0 unspecified atom stereocenters. The predicted molar refractivity (Wildman–Crippen MR) is 130 cm³/mol. The molecule has 0 N–H and O–H groups in total. The highest BCUT2D eigenvalue weighted by Crippen LogP contribution is 2.34. The van der Waals surface area contributed by atoms with Crippen molar-refractivity contribution in [3.8, 4) is 11.5 Å². The van der Waals surface area contributed by atoms with E-state index in [-0.39, 0.29) is 27.6 Å². The maximum absolute atomic E-state index is 13.8. The number of unbranched alkanes of at least 4 members (excludes halogenated alkanes) is 1. The van der Waals surface area contributed by atoms with Gasteiger partial charge in [-0.15, -0.1) is 0 Å². The molecule has 0 atom stereocenters. The summed E-state index contributed by atoms with van der Waals surface area (Å²) in [5.74, 6) is -0.383. The molecule has 0 fully saturated rings. The lowest BCUT2D eigenvalue weighted by atomic mass is 10.1. The van der Waals surface area contributed by atoms with Gasteiger partial charge in [0, 0.05) is 5.02 Å². The van der Waals surface area contributed by atoms with Crippen molar-refractivity contribution in [2.24, 2.45) is 0 Å². The van der Waals surface area contributed by atoms with Crippen molar-refractivity contribution < 1.29 is 22.7 Å². The molecule has 0 radical (unpaired) electrons. The quantitative estimate of drug-likeness (QED) is 0.385. The Morgan fingerprint density at radius 3 is 2.00 bits per heavy atom. The Bertz CT molecular complexity index is 1190. The minimum absolute atomic E-state index is 0.00935. The second-order valence-corrected chi connectivity index (χ2v) is 9.56. The van der Waals surface area contributed by atoms with Crippen LogP contribution in [0.4, 0.5) is 5.69 Å². The van der Waals surface area contributed by atoms with E-state index in [0.29, 0.717) is 5.02 Å². The molecule has 0 aliphatic heterocycles. The normalized spacial score (nSPS) is 11.2. The molecule has 0 bridgehead atoms. The third-order valence-electron chi connectivity index (χ3n) is 5.17. The van der Waals surface area contributed by atoms with E-state index < -0.39 is 15.9 Å². The van der Waals surface area contributed by atoms with Gasteiger partial charge in [-0.25, -0.2) is 8.42 Å². The number of sulfonamides is 1. The van der Waals surface area contributed by atoms with Gasteiger partial charge in [0.25, 0.3) is 15.9 Å². The smallest absolute Gasteiger partial charge is 0.279 e. The van der Waals surface area contributed by atoms with Crippen LogP contribution in [0.15, 0.2) is 71.6 Å². The summed E-state index contributed by atoms with van der Waals surface area (Å²) in [7, 11) is -1.47. The van der Waals surface area contributed by atoms with Crippen LogP contribution in [0, 0.1) is 0 Å². The molecule has 0 aliphatic carbocycles. The first-order valence-electron chi connectivity index (χ1n) is 10.5. The number of carbonyl (C=O) groups is 1. The molecule has 33 heavy (non-hydrogen) atoms. The summed E-state index contributed by atoms with van der Waals surface area (Å²) in [5.41, 5.74) is 1.28. The van der Waals surface area contributed by atoms with Gasteiger partial charge in [-0.3, -0.25) is 4.79 Å². The van der Waals surface area contributed by atoms with Gasteiger partial charge < -0.3 is 9.47 Å². The maximum Gasteiger partial charge on any atom is 0.279 e. The first kappa shape index (κ1) is 24.6. The van der Waals surface area contributed by atoms with Gasteiger partial charge in [0.15, 0.2) is 0 Å². The molecule has 6 nitrogen and oxygen atoms in total. The van der Waals surface area contributed by atoms with E-state index >= 15 is 0 Å². The van der Waals surface area contributed by atoms with Gasteiger partial charge in [0.1, 0.15) is 17.1 Å². The molecule has 0 saturated heterocycles. The van der Waals surface area contributed by atoms with Crippen LogP contribution in [0.25, 0.3) is 0 Å². The molecule has 3 aromatic rings. The van der Waals surface area contributed by atoms with E-state index in [0.717, 1.165) is 29.1 Å². The van der Waals surface area contributed by atoms with Crippen molar-refractivity contribution in [2.45, 2.75) is 31.1 Å². The average Bonchev–Trinajstić information content (AvgIpc) is 2.83. The van der Waals surface area contributed by atoms with E-state index in [1.54, 1.807) is 30.3 Å². The molecule has 0 aromatic heterocycles. The SMILES string of the molecule is CCCCc1ccc(N(C(=O)c2c(OC)cccc2OC)S(=O)(=O)c2ccc(Cl)cc2)cc1. The number of hydrogen-bond acceptors (Lipinski definition) is 5. The first-order valence-corrected chi connectivity index (χ1v) is 12.3. The Morgan fingerprint density at radius 2 is 1.48 bits per heavy atom. The molecule has 0 aliphatic rings.